The maximum atomic E-state index is 9.92. The monoisotopic (exact) mass is 278 g/mol. The van der Waals surface area contributed by atoms with Crippen molar-refractivity contribution in [3.8, 4) is 0 Å². The van der Waals surface area contributed by atoms with Crippen LogP contribution in [0.5, 0.6) is 0 Å². The number of nitrogens with zero attached hydrogens (tertiary/aromatic N) is 2. The van der Waals surface area contributed by atoms with Gasteiger partial charge in [0.2, 0.25) is 0 Å². The van der Waals surface area contributed by atoms with Crippen LogP contribution in [0.15, 0.2) is 0 Å². The third-order valence-electron chi connectivity index (χ3n) is 3.70. The Morgan fingerprint density at radius 3 is 2.30 bits per heavy atom. The number of hydrogen-bond donors (Lipinski definition) is 3. The van der Waals surface area contributed by atoms with Gasteiger partial charge in [-0.1, -0.05) is 13.8 Å². The van der Waals surface area contributed by atoms with Gasteiger partial charge in [0, 0.05) is 24.6 Å². The van der Waals surface area contributed by atoms with Crippen LogP contribution >= 0.6 is 0 Å². The maximum Gasteiger partial charge on any atom is 0.136 e. The Bertz CT molecular complexity index is 457. The highest BCUT2D eigenvalue weighted by Crippen LogP contribution is 2.39. The molecule has 0 radical (unpaired) electrons. The number of hydrogen-bond acceptors (Lipinski definition) is 5. The number of anilines is 2. The van der Waals surface area contributed by atoms with Gasteiger partial charge in [-0.3, -0.25) is 0 Å². The molecule has 5 heteroatoms. The molecule has 5 nitrogen and oxygen atoms in total. The summed E-state index contributed by atoms with van der Waals surface area (Å²) in [6, 6.07) is 0. The first kappa shape index (κ1) is 15.0. The largest absolute Gasteiger partial charge is 0.391 e. The Morgan fingerprint density at radius 2 is 1.80 bits per heavy atom. The smallest absolute Gasteiger partial charge is 0.136 e. The first-order valence-corrected chi connectivity index (χ1v) is 7.57. The second kappa shape index (κ2) is 6.39. The van der Waals surface area contributed by atoms with Crippen molar-refractivity contribution in [1.82, 2.24) is 9.97 Å². The Balaban J connectivity index is 2.17. The van der Waals surface area contributed by atoms with Crippen LogP contribution in [0.1, 0.15) is 50.9 Å². The van der Waals surface area contributed by atoms with Crippen LogP contribution in [-0.4, -0.2) is 34.3 Å². The van der Waals surface area contributed by atoms with Crippen LogP contribution in [0.25, 0.3) is 0 Å². The minimum atomic E-state index is -0.365. The lowest BCUT2D eigenvalue weighted by molar-refractivity contribution is 0.138. The highest BCUT2D eigenvalue weighted by molar-refractivity contribution is 5.57. The zero-order valence-electron chi connectivity index (χ0n) is 12.9. The molecular formula is C15H26N4O. The molecule has 3 N–H and O–H groups in total. The number of aromatic nitrogens is 2. The predicted octanol–water partition coefficient (Wildman–Crippen LogP) is 2.52. The molecule has 1 fully saturated rings. The zero-order chi connectivity index (χ0) is 14.7. The lowest BCUT2D eigenvalue weighted by Crippen LogP contribution is -2.25. The quantitative estimate of drug-likeness (QED) is 0.715. The van der Waals surface area contributed by atoms with Crippen molar-refractivity contribution in [1.29, 1.82) is 0 Å². The highest BCUT2D eigenvalue weighted by atomic mass is 16.3. The van der Waals surface area contributed by atoms with Crippen LogP contribution in [0.4, 0.5) is 11.6 Å². The van der Waals surface area contributed by atoms with Crippen LogP contribution in [0.2, 0.25) is 0 Å². The van der Waals surface area contributed by atoms with Crippen molar-refractivity contribution in [3.63, 3.8) is 0 Å². The van der Waals surface area contributed by atoms with Gasteiger partial charge in [-0.2, -0.15) is 0 Å². The van der Waals surface area contributed by atoms with E-state index in [1.807, 2.05) is 20.8 Å². The molecule has 112 valence electrons. The van der Waals surface area contributed by atoms with Gasteiger partial charge in [0.15, 0.2) is 0 Å². The highest BCUT2D eigenvalue weighted by Gasteiger charge is 2.28. The minimum Gasteiger partial charge on any atom is -0.391 e. The lowest BCUT2D eigenvalue weighted by atomic mass is 10.1. The van der Waals surface area contributed by atoms with E-state index in [4.69, 9.17) is 0 Å². The van der Waals surface area contributed by atoms with Crippen molar-refractivity contribution >= 4 is 11.6 Å². The van der Waals surface area contributed by atoms with E-state index in [9.17, 15) is 5.11 Å². The van der Waals surface area contributed by atoms with Crippen molar-refractivity contribution in [2.24, 2.45) is 5.92 Å². The van der Waals surface area contributed by atoms with E-state index in [0.717, 1.165) is 29.6 Å². The number of aliphatic hydroxyl groups is 1. The van der Waals surface area contributed by atoms with Crippen LogP contribution in [-0.2, 0) is 0 Å². The second-order valence-electron chi connectivity index (χ2n) is 5.90. The van der Waals surface area contributed by atoms with E-state index in [2.05, 4.69) is 27.5 Å². The normalized spacial score (nSPS) is 16.3. The predicted molar refractivity (Wildman–Crippen MR) is 82.2 cm³/mol. The number of aliphatic hydroxyl groups excluding tert-OH is 1. The summed E-state index contributed by atoms with van der Waals surface area (Å²) in [6.07, 6.45) is 2.00. The summed E-state index contributed by atoms with van der Waals surface area (Å²) < 4.78 is 0. The molecule has 0 amide bonds. The number of rotatable bonds is 7. The van der Waals surface area contributed by atoms with Gasteiger partial charge in [0.05, 0.1) is 6.10 Å². The van der Waals surface area contributed by atoms with Gasteiger partial charge in [-0.05, 0) is 32.6 Å². The molecule has 1 aliphatic carbocycles. The summed E-state index contributed by atoms with van der Waals surface area (Å²) >= 11 is 0. The summed E-state index contributed by atoms with van der Waals surface area (Å²) in [5, 5.41) is 16.5. The molecule has 0 aromatic carbocycles. The van der Waals surface area contributed by atoms with E-state index in [1.54, 1.807) is 0 Å². The van der Waals surface area contributed by atoms with Crippen molar-refractivity contribution in [2.75, 3.05) is 23.7 Å². The SMILES string of the molecule is CCNc1nc(C2CC2)nc(NCC(O)C(C)C)c1C. The first-order valence-electron chi connectivity index (χ1n) is 7.57. The summed E-state index contributed by atoms with van der Waals surface area (Å²) in [6.45, 7) is 9.46. The van der Waals surface area contributed by atoms with E-state index in [1.165, 1.54) is 12.8 Å². The third-order valence-corrected chi connectivity index (χ3v) is 3.70. The molecule has 0 aliphatic heterocycles. The van der Waals surface area contributed by atoms with E-state index in [-0.39, 0.29) is 12.0 Å². The van der Waals surface area contributed by atoms with Gasteiger partial charge >= 0.3 is 0 Å². The Kier molecular flexibility index (Phi) is 4.81. The molecule has 1 unspecified atom stereocenters. The van der Waals surface area contributed by atoms with Gasteiger partial charge in [0.1, 0.15) is 17.5 Å². The Morgan fingerprint density at radius 1 is 1.20 bits per heavy atom. The van der Waals surface area contributed by atoms with E-state index in [0.29, 0.717) is 12.5 Å². The molecule has 0 saturated heterocycles. The number of nitrogens with one attached hydrogen (secondary N) is 2. The molecular weight excluding hydrogens is 252 g/mol. The molecule has 2 rings (SSSR count). The average Bonchev–Trinajstić information content (AvgIpc) is 3.23. The van der Waals surface area contributed by atoms with Gasteiger partial charge < -0.3 is 15.7 Å². The van der Waals surface area contributed by atoms with Crippen LogP contribution in [0, 0.1) is 12.8 Å². The minimum absolute atomic E-state index is 0.237. The van der Waals surface area contributed by atoms with Crippen molar-refractivity contribution < 1.29 is 5.11 Å². The maximum absolute atomic E-state index is 9.92. The fourth-order valence-corrected chi connectivity index (χ4v) is 2.01. The molecule has 1 aliphatic rings. The molecule has 20 heavy (non-hydrogen) atoms. The average molecular weight is 278 g/mol. The summed E-state index contributed by atoms with van der Waals surface area (Å²) in [4.78, 5) is 9.26. The fraction of sp³-hybridized carbons (Fsp3) is 0.733. The van der Waals surface area contributed by atoms with Crippen LogP contribution < -0.4 is 10.6 Å². The fourth-order valence-electron chi connectivity index (χ4n) is 2.01. The van der Waals surface area contributed by atoms with Crippen LogP contribution in [0.3, 0.4) is 0 Å². The molecule has 1 atom stereocenters. The zero-order valence-corrected chi connectivity index (χ0v) is 12.9. The molecule has 0 spiro atoms. The topological polar surface area (TPSA) is 70.1 Å². The molecule has 1 aromatic heterocycles. The molecule has 1 saturated carbocycles. The van der Waals surface area contributed by atoms with E-state index < -0.39 is 0 Å². The first-order chi connectivity index (χ1) is 9.52. The third kappa shape index (κ3) is 3.60. The van der Waals surface area contributed by atoms with Gasteiger partial charge in [0.25, 0.3) is 0 Å². The lowest BCUT2D eigenvalue weighted by Gasteiger charge is -2.18. The molecule has 1 aromatic rings. The molecule has 0 bridgehead atoms. The summed E-state index contributed by atoms with van der Waals surface area (Å²) in [7, 11) is 0. The summed E-state index contributed by atoms with van der Waals surface area (Å²) in [5.41, 5.74) is 1.02. The van der Waals surface area contributed by atoms with E-state index >= 15 is 0 Å². The van der Waals surface area contributed by atoms with Gasteiger partial charge in [-0.25, -0.2) is 9.97 Å². The Labute approximate surface area is 121 Å². The summed E-state index contributed by atoms with van der Waals surface area (Å²) in [5.74, 6) is 3.43. The molecule has 1 heterocycles. The standard InChI is InChI=1S/C15H26N4O/c1-5-16-13-10(4)14(17-8-12(20)9(2)3)19-15(18-13)11-6-7-11/h9,11-12,20H,5-8H2,1-4H3,(H2,16,17,18,19). The second-order valence-corrected chi connectivity index (χ2v) is 5.90. The van der Waals surface area contributed by atoms with Crippen molar-refractivity contribution in [2.45, 2.75) is 52.6 Å². The van der Waals surface area contributed by atoms with Crippen molar-refractivity contribution in [3.05, 3.63) is 11.4 Å². The Hall–Kier alpha value is -1.36. The van der Waals surface area contributed by atoms with Gasteiger partial charge in [-0.15, -0.1) is 0 Å².